The Balaban J connectivity index is 2.08. The number of ketones is 1. The number of fused-ring (bicyclic) bond motifs is 1. The van der Waals surface area contributed by atoms with Gasteiger partial charge < -0.3 is 4.74 Å². The molecule has 0 aliphatic carbocycles. The fraction of sp³-hybridized carbons (Fsp3) is 0.316. The van der Waals surface area contributed by atoms with Gasteiger partial charge in [0.15, 0.2) is 5.78 Å². The van der Waals surface area contributed by atoms with E-state index in [0.717, 1.165) is 33.6 Å². The molecule has 0 unspecified atom stereocenters. The lowest BCUT2D eigenvalue weighted by Crippen LogP contribution is -2.18. The summed E-state index contributed by atoms with van der Waals surface area (Å²) in [6, 6.07) is 11.7. The summed E-state index contributed by atoms with van der Waals surface area (Å²) in [6.45, 7) is 8.93. The minimum atomic E-state index is -0.0353. The predicted molar refractivity (Wildman–Crippen MR) is 84.3 cm³/mol. The first-order chi connectivity index (χ1) is 9.90. The topological polar surface area (TPSA) is 26.3 Å². The third-order valence-electron chi connectivity index (χ3n) is 4.27. The van der Waals surface area contributed by atoms with Crippen LogP contribution in [0.2, 0.25) is 0 Å². The van der Waals surface area contributed by atoms with Crippen LogP contribution in [-0.2, 0) is 5.41 Å². The van der Waals surface area contributed by atoms with Crippen LogP contribution in [0.5, 0.6) is 5.75 Å². The molecular formula is C19H20O2. The van der Waals surface area contributed by atoms with Gasteiger partial charge in [0.25, 0.3) is 0 Å². The first-order valence-electron chi connectivity index (χ1n) is 7.28. The zero-order valence-corrected chi connectivity index (χ0v) is 13.0. The quantitative estimate of drug-likeness (QED) is 0.770. The number of benzene rings is 2. The predicted octanol–water partition coefficient (Wildman–Crippen LogP) is 4.20. The highest BCUT2D eigenvalue weighted by atomic mass is 16.5. The molecule has 0 saturated carbocycles. The highest BCUT2D eigenvalue weighted by molar-refractivity contribution is 6.11. The van der Waals surface area contributed by atoms with Crippen molar-refractivity contribution in [1.29, 1.82) is 0 Å². The van der Waals surface area contributed by atoms with E-state index >= 15 is 0 Å². The maximum atomic E-state index is 12.9. The summed E-state index contributed by atoms with van der Waals surface area (Å²) >= 11 is 0. The number of hydrogen-bond donors (Lipinski definition) is 0. The Labute approximate surface area is 125 Å². The summed E-state index contributed by atoms with van der Waals surface area (Å²) in [4.78, 5) is 12.9. The average Bonchev–Trinajstić information content (AvgIpc) is 2.74. The van der Waals surface area contributed by atoms with Crippen molar-refractivity contribution in [2.24, 2.45) is 0 Å². The van der Waals surface area contributed by atoms with E-state index in [2.05, 4.69) is 13.8 Å². The van der Waals surface area contributed by atoms with Gasteiger partial charge >= 0.3 is 0 Å². The van der Waals surface area contributed by atoms with Crippen LogP contribution < -0.4 is 4.74 Å². The molecular weight excluding hydrogens is 260 g/mol. The minimum Gasteiger partial charge on any atom is -0.492 e. The number of ether oxygens (including phenoxy) is 1. The van der Waals surface area contributed by atoms with E-state index in [1.807, 2.05) is 50.2 Å². The Kier molecular flexibility index (Phi) is 3.12. The maximum Gasteiger partial charge on any atom is 0.193 e. The van der Waals surface area contributed by atoms with Crippen molar-refractivity contribution < 1.29 is 9.53 Å². The van der Waals surface area contributed by atoms with E-state index in [1.54, 1.807) is 0 Å². The van der Waals surface area contributed by atoms with E-state index in [9.17, 15) is 4.79 Å². The molecule has 3 rings (SSSR count). The highest BCUT2D eigenvalue weighted by Gasteiger charge is 2.32. The second-order valence-corrected chi connectivity index (χ2v) is 6.48. The van der Waals surface area contributed by atoms with Gasteiger partial charge in [-0.25, -0.2) is 0 Å². The van der Waals surface area contributed by atoms with Crippen LogP contribution in [0.25, 0.3) is 0 Å². The molecule has 2 heteroatoms. The van der Waals surface area contributed by atoms with Gasteiger partial charge in [-0.05, 0) is 43.2 Å². The summed E-state index contributed by atoms with van der Waals surface area (Å²) in [5.74, 6) is 0.995. The zero-order valence-electron chi connectivity index (χ0n) is 13.0. The van der Waals surface area contributed by atoms with E-state index < -0.39 is 0 Å². The van der Waals surface area contributed by atoms with Crippen molar-refractivity contribution in [3.05, 3.63) is 64.2 Å². The lowest BCUT2D eigenvalue weighted by atomic mass is 9.85. The van der Waals surface area contributed by atoms with Gasteiger partial charge in [0.2, 0.25) is 0 Å². The largest absolute Gasteiger partial charge is 0.492 e. The Morgan fingerprint density at radius 1 is 1.10 bits per heavy atom. The van der Waals surface area contributed by atoms with Crippen LogP contribution in [0.1, 0.15) is 46.5 Å². The second-order valence-electron chi connectivity index (χ2n) is 6.48. The number of rotatable bonds is 2. The molecule has 0 atom stereocenters. The van der Waals surface area contributed by atoms with Gasteiger partial charge in [0, 0.05) is 22.1 Å². The van der Waals surface area contributed by atoms with Crippen molar-refractivity contribution in [2.45, 2.75) is 33.1 Å². The summed E-state index contributed by atoms with van der Waals surface area (Å²) in [5.41, 5.74) is 4.69. The molecule has 0 amide bonds. The van der Waals surface area contributed by atoms with Crippen molar-refractivity contribution in [1.82, 2.24) is 0 Å². The summed E-state index contributed by atoms with van der Waals surface area (Å²) in [5, 5.41) is 0. The van der Waals surface area contributed by atoms with Crippen LogP contribution in [0, 0.1) is 13.8 Å². The van der Waals surface area contributed by atoms with Gasteiger partial charge in [-0.1, -0.05) is 32.0 Å². The third kappa shape index (κ3) is 2.25. The number of hydrogen-bond acceptors (Lipinski definition) is 2. The molecule has 21 heavy (non-hydrogen) atoms. The molecule has 0 saturated heterocycles. The molecule has 108 valence electrons. The molecule has 0 bridgehead atoms. The van der Waals surface area contributed by atoms with Crippen LogP contribution in [0.15, 0.2) is 36.4 Å². The van der Waals surface area contributed by atoms with Gasteiger partial charge in [0.05, 0.1) is 6.61 Å². The summed E-state index contributed by atoms with van der Waals surface area (Å²) in [7, 11) is 0. The molecule has 1 heterocycles. The first-order valence-corrected chi connectivity index (χ1v) is 7.28. The fourth-order valence-corrected chi connectivity index (χ4v) is 2.98. The maximum absolute atomic E-state index is 12.9. The molecule has 2 aromatic rings. The molecule has 0 spiro atoms. The van der Waals surface area contributed by atoms with Crippen molar-refractivity contribution in [3.63, 3.8) is 0 Å². The van der Waals surface area contributed by atoms with Gasteiger partial charge in [-0.2, -0.15) is 0 Å². The summed E-state index contributed by atoms with van der Waals surface area (Å²) < 4.78 is 5.69. The Bertz CT molecular complexity index is 706. The van der Waals surface area contributed by atoms with Crippen molar-refractivity contribution in [2.75, 3.05) is 6.61 Å². The Hall–Kier alpha value is -2.09. The zero-order chi connectivity index (χ0) is 15.2. The molecule has 2 aromatic carbocycles. The minimum absolute atomic E-state index is 0.0353. The highest BCUT2D eigenvalue weighted by Crippen LogP contribution is 2.39. The van der Waals surface area contributed by atoms with Crippen molar-refractivity contribution >= 4 is 5.78 Å². The molecule has 0 radical (unpaired) electrons. The van der Waals surface area contributed by atoms with E-state index in [4.69, 9.17) is 4.74 Å². The standard InChI is InChI=1S/C19H20O2/c1-12-6-5-7-13(2)17(12)18(20)14-8-9-16-15(10-14)19(3,4)11-21-16/h5-10H,11H2,1-4H3. The van der Waals surface area contributed by atoms with Crippen molar-refractivity contribution in [3.8, 4) is 5.75 Å². The van der Waals surface area contributed by atoms with Gasteiger partial charge in [-0.3, -0.25) is 4.79 Å². The monoisotopic (exact) mass is 280 g/mol. The lowest BCUT2D eigenvalue weighted by molar-refractivity contribution is 0.103. The molecule has 1 aliphatic heterocycles. The molecule has 0 fully saturated rings. The molecule has 0 N–H and O–H groups in total. The molecule has 0 aromatic heterocycles. The van der Waals surface area contributed by atoms with Crippen LogP contribution in [0.3, 0.4) is 0 Å². The summed E-state index contributed by atoms with van der Waals surface area (Å²) in [6.07, 6.45) is 0. The smallest absolute Gasteiger partial charge is 0.193 e. The number of carbonyl (C=O) groups excluding carboxylic acids is 1. The normalized spacial score (nSPS) is 15.4. The lowest BCUT2D eigenvalue weighted by Gasteiger charge is -2.16. The molecule has 2 nitrogen and oxygen atoms in total. The van der Waals surface area contributed by atoms with Gasteiger partial charge in [-0.15, -0.1) is 0 Å². The second kappa shape index (κ2) is 4.73. The first kappa shape index (κ1) is 13.9. The van der Waals surface area contributed by atoms with E-state index in [-0.39, 0.29) is 11.2 Å². The Morgan fingerprint density at radius 2 is 1.76 bits per heavy atom. The van der Waals surface area contributed by atoms with Crippen LogP contribution >= 0.6 is 0 Å². The van der Waals surface area contributed by atoms with Crippen LogP contribution in [0.4, 0.5) is 0 Å². The van der Waals surface area contributed by atoms with E-state index in [0.29, 0.717) is 6.61 Å². The third-order valence-corrected chi connectivity index (χ3v) is 4.27. The van der Waals surface area contributed by atoms with Gasteiger partial charge in [0.1, 0.15) is 5.75 Å². The van der Waals surface area contributed by atoms with Crippen LogP contribution in [-0.4, -0.2) is 12.4 Å². The number of aryl methyl sites for hydroxylation is 2. The molecule has 1 aliphatic rings. The average molecular weight is 280 g/mol. The van der Waals surface area contributed by atoms with E-state index in [1.165, 1.54) is 0 Å². The SMILES string of the molecule is Cc1cccc(C)c1C(=O)c1ccc2c(c1)C(C)(C)CO2. The number of carbonyl (C=O) groups is 1. The fourth-order valence-electron chi connectivity index (χ4n) is 2.98. The Morgan fingerprint density at radius 3 is 2.43 bits per heavy atom.